The van der Waals surface area contributed by atoms with Gasteiger partial charge in [-0.2, -0.15) is 0 Å². The van der Waals surface area contributed by atoms with E-state index in [-0.39, 0.29) is 5.91 Å². The first kappa shape index (κ1) is 17.9. The number of benzene rings is 1. The van der Waals surface area contributed by atoms with Crippen LogP contribution in [0.1, 0.15) is 32.3 Å². The van der Waals surface area contributed by atoms with Gasteiger partial charge in [-0.1, -0.05) is 38.1 Å². The summed E-state index contributed by atoms with van der Waals surface area (Å²) in [7, 11) is 0. The molecular weight excluding hydrogens is 356 g/mol. The van der Waals surface area contributed by atoms with Crippen LogP contribution in [0.4, 0.5) is 5.82 Å². The minimum atomic E-state index is 0.143. The maximum atomic E-state index is 11.6. The summed E-state index contributed by atoms with van der Waals surface area (Å²) in [6.45, 7) is 9.13. The van der Waals surface area contributed by atoms with Crippen LogP contribution < -0.4 is 4.90 Å². The number of carbonyl (C=O) groups is 1. The average Bonchev–Trinajstić information content (AvgIpc) is 3.12. The summed E-state index contributed by atoms with van der Waals surface area (Å²) in [6, 6.07) is 8.81. The van der Waals surface area contributed by atoms with Crippen LogP contribution in [0, 0.1) is 0 Å². The number of amides is 1. The Hall–Kier alpha value is -2.47. The van der Waals surface area contributed by atoms with E-state index in [2.05, 4.69) is 58.4 Å². The molecule has 140 valence electrons. The molecule has 0 atom stereocenters. The summed E-state index contributed by atoms with van der Waals surface area (Å²) in [5, 5.41) is 3.30. The number of piperazine rings is 1. The van der Waals surface area contributed by atoms with Crippen LogP contribution in [0.15, 0.2) is 36.0 Å². The molecule has 5 nitrogen and oxygen atoms in total. The number of hydrogen-bond acceptors (Lipinski definition) is 5. The van der Waals surface area contributed by atoms with Gasteiger partial charge in [0.05, 0.1) is 5.39 Å². The van der Waals surface area contributed by atoms with Gasteiger partial charge in [-0.05, 0) is 17.0 Å². The molecule has 0 unspecified atom stereocenters. The van der Waals surface area contributed by atoms with Crippen molar-refractivity contribution in [2.75, 3.05) is 31.1 Å². The number of thiophene rings is 1. The largest absolute Gasteiger partial charge is 0.352 e. The minimum Gasteiger partial charge on any atom is -0.352 e. The molecule has 0 bridgehead atoms. The lowest BCUT2D eigenvalue weighted by atomic mass is 9.99. The van der Waals surface area contributed by atoms with Gasteiger partial charge in [-0.15, -0.1) is 11.3 Å². The number of anilines is 1. The predicted molar refractivity (Wildman–Crippen MR) is 111 cm³/mol. The molecule has 1 aromatic carbocycles. The fraction of sp³-hybridized carbons (Fsp3) is 0.381. The molecule has 1 aliphatic heterocycles. The van der Waals surface area contributed by atoms with Gasteiger partial charge in [0.15, 0.2) is 0 Å². The molecule has 0 aliphatic carbocycles. The molecule has 0 saturated carbocycles. The molecule has 4 rings (SSSR count). The second kappa shape index (κ2) is 7.27. The van der Waals surface area contributed by atoms with Crippen LogP contribution >= 0.6 is 11.3 Å². The third-order valence-electron chi connectivity index (χ3n) is 5.26. The van der Waals surface area contributed by atoms with Gasteiger partial charge in [-0.25, -0.2) is 9.97 Å². The molecule has 0 N–H and O–H groups in total. The van der Waals surface area contributed by atoms with E-state index in [9.17, 15) is 4.79 Å². The van der Waals surface area contributed by atoms with Gasteiger partial charge in [0.2, 0.25) is 5.91 Å². The van der Waals surface area contributed by atoms with Gasteiger partial charge < -0.3 is 9.80 Å². The summed E-state index contributed by atoms with van der Waals surface area (Å²) >= 11 is 1.66. The molecule has 3 aromatic rings. The summed E-state index contributed by atoms with van der Waals surface area (Å²) in [5.41, 5.74) is 3.73. The van der Waals surface area contributed by atoms with Gasteiger partial charge in [0.25, 0.3) is 0 Å². The highest BCUT2D eigenvalue weighted by Gasteiger charge is 2.23. The molecule has 3 heterocycles. The maximum Gasteiger partial charge on any atom is 0.219 e. The predicted octanol–water partition coefficient (Wildman–Crippen LogP) is 4.15. The van der Waals surface area contributed by atoms with E-state index in [0.717, 1.165) is 42.2 Å². The van der Waals surface area contributed by atoms with E-state index < -0.39 is 0 Å². The summed E-state index contributed by atoms with van der Waals surface area (Å²) in [4.78, 5) is 25.9. The lowest BCUT2D eigenvalue weighted by Gasteiger charge is -2.35. The SMILES string of the molecule is CC(=O)N1CCN(c2ncnc3scc(-c4ccc(C(C)C)cc4)c23)CC1. The number of nitrogens with zero attached hydrogens (tertiary/aromatic N) is 4. The zero-order valence-corrected chi connectivity index (χ0v) is 16.8. The summed E-state index contributed by atoms with van der Waals surface area (Å²) in [5.74, 6) is 1.64. The fourth-order valence-electron chi connectivity index (χ4n) is 3.59. The van der Waals surface area contributed by atoms with Gasteiger partial charge in [-0.3, -0.25) is 4.79 Å². The van der Waals surface area contributed by atoms with Crippen LogP contribution in [-0.4, -0.2) is 47.0 Å². The number of hydrogen-bond donors (Lipinski definition) is 0. The molecule has 1 fully saturated rings. The quantitative estimate of drug-likeness (QED) is 0.685. The minimum absolute atomic E-state index is 0.143. The van der Waals surface area contributed by atoms with Gasteiger partial charge in [0.1, 0.15) is 17.0 Å². The highest BCUT2D eigenvalue weighted by Crippen LogP contribution is 2.38. The van der Waals surface area contributed by atoms with E-state index in [1.54, 1.807) is 24.6 Å². The summed E-state index contributed by atoms with van der Waals surface area (Å²) in [6.07, 6.45) is 1.65. The topological polar surface area (TPSA) is 49.3 Å². The lowest BCUT2D eigenvalue weighted by molar-refractivity contribution is -0.129. The van der Waals surface area contributed by atoms with Crippen molar-refractivity contribution in [1.29, 1.82) is 0 Å². The Labute approximate surface area is 163 Å². The Kier molecular flexibility index (Phi) is 4.83. The van der Waals surface area contributed by atoms with Crippen LogP contribution in [0.3, 0.4) is 0 Å². The van der Waals surface area contributed by atoms with E-state index in [1.807, 2.05) is 4.90 Å². The highest BCUT2D eigenvalue weighted by molar-refractivity contribution is 7.17. The normalized spacial score (nSPS) is 15.0. The van der Waals surface area contributed by atoms with Crippen molar-refractivity contribution in [3.05, 3.63) is 41.5 Å². The first-order valence-electron chi connectivity index (χ1n) is 9.37. The third-order valence-corrected chi connectivity index (χ3v) is 6.15. The standard InChI is InChI=1S/C21H24N4OS/c1-14(2)16-4-6-17(7-5-16)18-12-27-21-19(18)20(22-13-23-21)25-10-8-24(9-11-25)15(3)26/h4-7,12-14H,8-11H2,1-3H3. The molecular formula is C21H24N4OS. The van der Waals surface area contributed by atoms with Crippen molar-refractivity contribution in [3.8, 4) is 11.1 Å². The molecule has 0 radical (unpaired) electrons. The second-order valence-electron chi connectivity index (χ2n) is 7.30. The van der Waals surface area contributed by atoms with Crippen molar-refractivity contribution >= 4 is 33.3 Å². The highest BCUT2D eigenvalue weighted by atomic mass is 32.1. The Morgan fingerprint density at radius 3 is 2.41 bits per heavy atom. The Morgan fingerprint density at radius 2 is 1.78 bits per heavy atom. The van der Waals surface area contributed by atoms with Crippen molar-refractivity contribution in [2.45, 2.75) is 26.7 Å². The van der Waals surface area contributed by atoms with Crippen LogP contribution in [0.5, 0.6) is 0 Å². The van der Waals surface area contributed by atoms with E-state index >= 15 is 0 Å². The van der Waals surface area contributed by atoms with E-state index in [4.69, 9.17) is 0 Å². The van der Waals surface area contributed by atoms with Crippen LogP contribution in [0.25, 0.3) is 21.3 Å². The third kappa shape index (κ3) is 3.41. The number of rotatable bonds is 3. The molecule has 0 spiro atoms. The number of fused-ring (bicyclic) bond motifs is 1. The number of aromatic nitrogens is 2. The van der Waals surface area contributed by atoms with E-state index in [0.29, 0.717) is 5.92 Å². The van der Waals surface area contributed by atoms with Crippen LogP contribution in [0.2, 0.25) is 0 Å². The number of carbonyl (C=O) groups excluding carboxylic acids is 1. The van der Waals surface area contributed by atoms with Gasteiger partial charge in [0, 0.05) is 44.0 Å². The first-order chi connectivity index (χ1) is 13.0. The molecule has 2 aromatic heterocycles. The molecule has 6 heteroatoms. The molecule has 1 aliphatic rings. The molecule has 27 heavy (non-hydrogen) atoms. The Morgan fingerprint density at radius 1 is 1.07 bits per heavy atom. The van der Waals surface area contributed by atoms with Crippen LogP contribution in [-0.2, 0) is 4.79 Å². The first-order valence-corrected chi connectivity index (χ1v) is 10.3. The Bertz CT molecular complexity index is 956. The van der Waals surface area contributed by atoms with Crippen molar-refractivity contribution in [3.63, 3.8) is 0 Å². The summed E-state index contributed by atoms with van der Waals surface area (Å²) < 4.78 is 0. The zero-order valence-electron chi connectivity index (χ0n) is 16.0. The second-order valence-corrected chi connectivity index (χ2v) is 8.15. The smallest absolute Gasteiger partial charge is 0.219 e. The maximum absolute atomic E-state index is 11.6. The monoisotopic (exact) mass is 380 g/mol. The fourth-order valence-corrected chi connectivity index (χ4v) is 4.50. The molecule has 1 saturated heterocycles. The average molecular weight is 381 g/mol. The van der Waals surface area contributed by atoms with Crippen molar-refractivity contribution < 1.29 is 4.79 Å². The molecule has 1 amide bonds. The van der Waals surface area contributed by atoms with E-state index in [1.165, 1.54) is 16.7 Å². The zero-order chi connectivity index (χ0) is 19.0. The lowest BCUT2D eigenvalue weighted by Crippen LogP contribution is -2.48. The van der Waals surface area contributed by atoms with Gasteiger partial charge >= 0.3 is 0 Å². The van der Waals surface area contributed by atoms with Crippen molar-refractivity contribution in [1.82, 2.24) is 14.9 Å². The Balaban J connectivity index is 1.71. The van der Waals surface area contributed by atoms with Crippen molar-refractivity contribution in [2.24, 2.45) is 0 Å².